The first-order chi connectivity index (χ1) is 9.11. The molecule has 1 aliphatic carbocycles. The predicted octanol–water partition coefficient (Wildman–Crippen LogP) is 2.75. The average molecular weight is 261 g/mol. The normalized spacial score (nSPS) is 23.0. The fourth-order valence-corrected chi connectivity index (χ4v) is 2.96. The number of benzene rings is 1. The maximum Gasteiger partial charge on any atom is 0.250 e. The van der Waals surface area contributed by atoms with Crippen LogP contribution in [0, 0.1) is 5.92 Å². The molecule has 1 aliphatic rings. The van der Waals surface area contributed by atoms with E-state index in [1.807, 2.05) is 6.07 Å². The van der Waals surface area contributed by atoms with Crippen LogP contribution in [0.3, 0.4) is 0 Å². The molecule has 1 saturated carbocycles. The van der Waals surface area contributed by atoms with E-state index in [9.17, 15) is 4.79 Å². The highest BCUT2D eigenvalue weighted by Gasteiger charge is 2.23. The van der Waals surface area contributed by atoms with Crippen molar-refractivity contribution in [2.24, 2.45) is 11.7 Å². The van der Waals surface area contributed by atoms with Crippen molar-refractivity contribution in [3.63, 3.8) is 0 Å². The van der Waals surface area contributed by atoms with Crippen LogP contribution in [0.25, 0.3) is 0 Å². The van der Waals surface area contributed by atoms with Gasteiger partial charge in [-0.2, -0.15) is 0 Å². The van der Waals surface area contributed by atoms with Crippen LogP contribution in [-0.4, -0.2) is 11.9 Å². The molecule has 0 bridgehead atoms. The van der Waals surface area contributed by atoms with Crippen LogP contribution in [0.1, 0.15) is 49.4 Å². The minimum Gasteiger partial charge on any atom is -0.398 e. The lowest BCUT2D eigenvalue weighted by molar-refractivity contribution is 0.100. The van der Waals surface area contributed by atoms with Crippen molar-refractivity contribution in [2.45, 2.75) is 45.1 Å². The molecule has 5 N–H and O–H groups in total. The quantitative estimate of drug-likeness (QED) is 0.729. The van der Waals surface area contributed by atoms with Crippen LogP contribution in [0.5, 0.6) is 0 Å². The Kier molecular flexibility index (Phi) is 4.30. The van der Waals surface area contributed by atoms with E-state index < -0.39 is 5.91 Å². The van der Waals surface area contributed by atoms with Crippen LogP contribution in [-0.2, 0) is 0 Å². The lowest BCUT2D eigenvalue weighted by Crippen LogP contribution is -2.31. The summed E-state index contributed by atoms with van der Waals surface area (Å²) in [6, 6.07) is 5.91. The maximum absolute atomic E-state index is 11.3. The van der Waals surface area contributed by atoms with E-state index >= 15 is 0 Å². The van der Waals surface area contributed by atoms with Gasteiger partial charge in [-0.25, -0.2) is 0 Å². The Balaban J connectivity index is 2.14. The van der Waals surface area contributed by atoms with Crippen LogP contribution in [0.15, 0.2) is 18.2 Å². The van der Waals surface area contributed by atoms with Gasteiger partial charge in [0.05, 0.1) is 5.56 Å². The van der Waals surface area contributed by atoms with E-state index in [4.69, 9.17) is 11.5 Å². The van der Waals surface area contributed by atoms with Crippen molar-refractivity contribution in [2.75, 3.05) is 11.1 Å². The number of carbonyl (C=O) groups excluding carboxylic acids is 1. The van der Waals surface area contributed by atoms with E-state index in [0.717, 1.165) is 5.69 Å². The van der Waals surface area contributed by atoms with Gasteiger partial charge < -0.3 is 16.8 Å². The first-order valence-electron chi connectivity index (χ1n) is 7.07. The van der Waals surface area contributed by atoms with Gasteiger partial charge in [-0.3, -0.25) is 4.79 Å². The third-order valence-electron chi connectivity index (χ3n) is 4.10. The molecule has 1 amide bonds. The molecule has 104 valence electrons. The number of carbonyl (C=O) groups is 1. The average Bonchev–Trinajstić information content (AvgIpc) is 2.41. The third kappa shape index (κ3) is 3.19. The Labute approximate surface area is 114 Å². The third-order valence-corrected chi connectivity index (χ3v) is 4.10. The number of nitrogens with one attached hydrogen (secondary N) is 1. The van der Waals surface area contributed by atoms with Crippen molar-refractivity contribution < 1.29 is 4.79 Å². The number of anilines is 2. The van der Waals surface area contributed by atoms with Gasteiger partial charge in [-0.05, 0) is 37.0 Å². The highest BCUT2D eigenvalue weighted by molar-refractivity contribution is 5.98. The van der Waals surface area contributed by atoms with E-state index in [-0.39, 0.29) is 0 Å². The summed E-state index contributed by atoms with van der Waals surface area (Å²) in [6.45, 7) is 2.24. The lowest BCUT2D eigenvalue weighted by Gasteiger charge is -2.32. The topological polar surface area (TPSA) is 81.1 Å². The molecule has 0 radical (unpaired) electrons. The SMILES string of the molecule is CCC1CCCCC1Nc1ccc(N)c(C(N)=O)c1. The fourth-order valence-electron chi connectivity index (χ4n) is 2.96. The molecule has 0 aliphatic heterocycles. The zero-order chi connectivity index (χ0) is 13.8. The number of nitrogen functional groups attached to an aromatic ring is 1. The molecule has 1 aromatic rings. The highest BCUT2D eigenvalue weighted by Crippen LogP contribution is 2.30. The van der Waals surface area contributed by atoms with Gasteiger partial charge >= 0.3 is 0 Å². The maximum atomic E-state index is 11.3. The van der Waals surface area contributed by atoms with E-state index in [0.29, 0.717) is 23.2 Å². The summed E-state index contributed by atoms with van der Waals surface area (Å²) < 4.78 is 0. The molecule has 0 aromatic heterocycles. The number of hydrogen-bond donors (Lipinski definition) is 3. The summed E-state index contributed by atoms with van der Waals surface area (Å²) >= 11 is 0. The minimum absolute atomic E-state index is 0.397. The molecule has 2 unspecified atom stereocenters. The summed E-state index contributed by atoms with van der Waals surface area (Å²) in [6.07, 6.45) is 6.26. The Morgan fingerprint density at radius 1 is 1.37 bits per heavy atom. The molecular weight excluding hydrogens is 238 g/mol. The van der Waals surface area contributed by atoms with E-state index in [1.54, 1.807) is 12.1 Å². The molecule has 19 heavy (non-hydrogen) atoms. The Morgan fingerprint density at radius 2 is 2.11 bits per heavy atom. The Hall–Kier alpha value is -1.71. The first-order valence-corrected chi connectivity index (χ1v) is 7.07. The number of amides is 1. The molecule has 0 saturated heterocycles. The molecule has 2 atom stereocenters. The number of rotatable bonds is 4. The largest absolute Gasteiger partial charge is 0.398 e. The lowest BCUT2D eigenvalue weighted by atomic mass is 9.83. The molecule has 4 heteroatoms. The van der Waals surface area contributed by atoms with Gasteiger partial charge in [0.15, 0.2) is 0 Å². The van der Waals surface area contributed by atoms with Gasteiger partial charge in [0.25, 0.3) is 5.91 Å². The van der Waals surface area contributed by atoms with Crippen molar-refractivity contribution in [1.82, 2.24) is 0 Å². The van der Waals surface area contributed by atoms with Crippen LogP contribution in [0.2, 0.25) is 0 Å². The molecule has 4 nitrogen and oxygen atoms in total. The molecule has 0 spiro atoms. The monoisotopic (exact) mass is 261 g/mol. The Morgan fingerprint density at radius 3 is 2.79 bits per heavy atom. The number of hydrogen-bond acceptors (Lipinski definition) is 3. The van der Waals surface area contributed by atoms with Crippen molar-refractivity contribution in [1.29, 1.82) is 0 Å². The van der Waals surface area contributed by atoms with Crippen molar-refractivity contribution >= 4 is 17.3 Å². The molecule has 1 aromatic carbocycles. The number of primary amides is 1. The van der Waals surface area contributed by atoms with Crippen LogP contribution in [0.4, 0.5) is 11.4 Å². The summed E-state index contributed by atoms with van der Waals surface area (Å²) in [4.78, 5) is 11.3. The zero-order valence-electron chi connectivity index (χ0n) is 11.5. The standard InChI is InChI=1S/C15H23N3O/c1-2-10-5-3-4-6-14(10)18-11-7-8-13(16)12(9-11)15(17)19/h7-10,14,18H,2-6,16H2,1H3,(H2,17,19). The second-order valence-corrected chi connectivity index (χ2v) is 5.37. The van der Waals surface area contributed by atoms with Crippen molar-refractivity contribution in [3.05, 3.63) is 23.8 Å². The highest BCUT2D eigenvalue weighted by atomic mass is 16.1. The molecule has 0 heterocycles. The second kappa shape index (κ2) is 5.95. The van der Waals surface area contributed by atoms with Gasteiger partial charge in [-0.1, -0.05) is 26.2 Å². The smallest absolute Gasteiger partial charge is 0.250 e. The summed E-state index contributed by atoms with van der Waals surface area (Å²) in [7, 11) is 0. The van der Waals surface area contributed by atoms with Crippen LogP contribution < -0.4 is 16.8 Å². The van der Waals surface area contributed by atoms with Gasteiger partial charge in [0.1, 0.15) is 0 Å². The second-order valence-electron chi connectivity index (χ2n) is 5.37. The molecular formula is C15H23N3O. The predicted molar refractivity (Wildman–Crippen MR) is 79.0 cm³/mol. The van der Waals surface area contributed by atoms with E-state index in [1.165, 1.54) is 32.1 Å². The van der Waals surface area contributed by atoms with Crippen LogP contribution >= 0.6 is 0 Å². The minimum atomic E-state index is -0.475. The zero-order valence-corrected chi connectivity index (χ0v) is 11.5. The summed E-state index contributed by atoms with van der Waals surface area (Å²) in [5, 5.41) is 3.54. The molecule has 1 fully saturated rings. The van der Waals surface area contributed by atoms with E-state index in [2.05, 4.69) is 12.2 Å². The number of nitrogens with two attached hydrogens (primary N) is 2. The van der Waals surface area contributed by atoms with Gasteiger partial charge in [0, 0.05) is 17.4 Å². The first kappa shape index (κ1) is 13.7. The fraction of sp³-hybridized carbons (Fsp3) is 0.533. The van der Waals surface area contributed by atoms with Crippen molar-refractivity contribution in [3.8, 4) is 0 Å². The Bertz CT molecular complexity index is 459. The van der Waals surface area contributed by atoms with Gasteiger partial charge in [-0.15, -0.1) is 0 Å². The molecule has 2 rings (SSSR count). The summed E-state index contributed by atoms with van der Waals surface area (Å²) in [5.41, 5.74) is 12.8. The summed E-state index contributed by atoms with van der Waals surface area (Å²) in [5.74, 6) is 0.236. The van der Waals surface area contributed by atoms with Gasteiger partial charge in [0.2, 0.25) is 0 Å².